The van der Waals surface area contributed by atoms with Gasteiger partial charge in [0.05, 0.1) is 25.5 Å². The van der Waals surface area contributed by atoms with Crippen LogP contribution in [0.4, 0.5) is 5.69 Å². The first-order valence-electron chi connectivity index (χ1n) is 8.80. The SMILES string of the molecule is COc1ccc(NC(=O)[C@@H](C)OC(=O)c2ccccc2SCC(C)=O)cc1OC. The lowest BCUT2D eigenvalue weighted by Gasteiger charge is -2.16. The highest BCUT2D eigenvalue weighted by Crippen LogP contribution is 2.30. The predicted molar refractivity (Wildman–Crippen MR) is 111 cm³/mol. The van der Waals surface area contributed by atoms with Crippen molar-refractivity contribution in [2.75, 3.05) is 25.3 Å². The first-order valence-corrected chi connectivity index (χ1v) is 9.79. The van der Waals surface area contributed by atoms with E-state index in [1.54, 1.807) is 42.5 Å². The van der Waals surface area contributed by atoms with E-state index in [0.717, 1.165) is 0 Å². The number of hydrogen-bond donors (Lipinski definition) is 1. The van der Waals surface area contributed by atoms with E-state index < -0.39 is 18.0 Å². The number of rotatable bonds is 9. The van der Waals surface area contributed by atoms with Crippen LogP contribution in [0.2, 0.25) is 0 Å². The number of Topliss-reactive ketones (excluding diaryl/α,β-unsaturated/α-hetero) is 1. The highest BCUT2D eigenvalue weighted by molar-refractivity contribution is 8.00. The molecule has 0 unspecified atom stereocenters. The zero-order chi connectivity index (χ0) is 21.4. The van der Waals surface area contributed by atoms with E-state index in [1.165, 1.54) is 39.8 Å². The van der Waals surface area contributed by atoms with Crippen LogP contribution in [-0.4, -0.2) is 43.7 Å². The molecule has 0 aliphatic carbocycles. The van der Waals surface area contributed by atoms with Crippen LogP contribution in [0.15, 0.2) is 47.4 Å². The number of carbonyl (C=O) groups excluding carboxylic acids is 3. The van der Waals surface area contributed by atoms with Gasteiger partial charge in [-0.1, -0.05) is 12.1 Å². The molecule has 154 valence electrons. The number of anilines is 1. The van der Waals surface area contributed by atoms with Crippen molar-refractivity contribution in [3.8, 4) is 11.5 Å². The number of esters is 1. The Balaban J connectivity index is 2.04. The van der Waals surface area contributed by atoms with Crippen LogP contribution in [0.1, 0.15) is 24.2 Å². The first kappa shape index (κ1) is 22.3. The molecule has 0 heterocycles. The fourth-order valence-electron chi connectivity index (χ4n) is 2.38. The molecule has 0 aliphatic rings. The van der Waals surface area contributed by atoms with E-state index >= 15 is 0 Å². The van der Waals surface area contributed by atoms with Gasteiger partial charge in [0.25, 0.3) is 5.91 Å². The van der Waals surface area contributed by atoms with Crippen LogP contribution < -0.4 is 14.8 Å². The second-order valence-corrected chi connectivity index (χ2v) is 7.11. The second-order valence-electron chi connectivity index (χ2n) is 6.09. The summed E-state index contributed by atoms with van der Waals surface area (Å²) in [6.45, 7) is 2.97. The zero-order valence-electron chi connectivity index (χ0n) is 16.7. The molecule has 0 aliphatic heterocycles. The average molecular weight is 417 g/mol. The molecule has 1 N–H and O–H groups in total. The molecule has 1 atom stereocenters. The van der Waals surface area contributed by atoms with Crippen LogP contribution in [-0.2, 0) is 14.3 Å². The summed E-state index contributed by atoms with van der Waals surface area (Å²) in [4.78, 5) is 36.8. The number of carbonyl (C=O) groups is 3. The Kier molecular flexibility index (Phi) is 8.09. The third kappa shape index (κ3) is 6.25. The maximum Gasteiger partial charge on any atom is 0.340 e. The number of thioether (sulfide) groups is 1. The Bertz CT molecular complexity index is 898. The second kappa shape index (κ2) is 10.5. The van der Waals surface area contributed by atoms with Crippen molar-refractivity contribution in [1.82, 2.24) is 0 Å². The molecule has 29 heavy (non-hydrogen) atoms. The molecule has 1 amide bonds. The van der Waals surface area contributed by atoms with Gasteiger partial charge in [-0.15, -0.1) is 11.8 Å². The molecule has 0 saturated carbocycles. The molecule has 0 spiro atoms. The summed E-state index contributed by atoms with van der Waals surface area (Å²) < 4.78 is 15.7. The summed E-state index contributed by atoms with van der Waals surface area (Å²) in [5, 5.41) is 2.68. The van der Waals surface area contributed by atoms with E-state index in [1.807, 2.05) is 0 Å². The fourth-order valence-corrected chi connectivity index (χ4v) is 3.22. The smallest absolute Gasteiger partial charge is 0.340 e. The van der Waals surface area contributed by atoms with E-state index in [0.29, 0.717) is 27.6 Å². The van der Waals surface area contributed by atoms with Gasteiger partial charge in [0, 0.05) is 16.6 Å². The van der Waals surface area contributed by atoms with Crippen molar-refractivity contribution >= 4 is 35.1 Å². The van der Waals surface area contributed by atoms with E-state index in [-0.39, 0.29) is 11.5 Å². The number of nitrogens with one attached hydrogen (secondary N) is 1. The molecule has 0 aromatic heterocycles. The molecule has 2 aromatic carbocycles. The van der Waals surface area contributed by atoms with Gasteiger partial charge in [0.2, 0.25) is 0 Å². The molecule has 8 heteroatoms. The van der Waals surface area contributed by atoms with E-state index in [4.69, 9.17) is 14.2 Å². The Hall–Kier alpha value is -3.00. The van der Waals surface area contributed by atoms with Crippen molar-refractivity contribution in [3.63, 3.8) is 0 Å². The number of hydrogen-bond acceptors (Lipinski definition) is 7. The van der Waals surface area contributed by atoms with Gasteiger partial charge < -0.3 is 19.5 Å². The summed E-state index contributed by atoms with van der Waals surface area (Å²) >= 11 is 1.25. The minimum Gasteiger partial charge on any atom is -0.493 e. The van der Waals surface area contributed by atoms with Crippen molar-refractivity contribution in [3.05, 3.63) is 48.0 Å². The standard InChI is InChI=1S/C21H23NO6S/c1-13(23)12-29-19-8-6-5-7-16(19)21(25)28-14(2)20(24)22-15-9-10-17(26-3)18(11-15)27-4/h5-11,14H,12H2,1-4H3,(H,22,24)/t14-/m1/s1. The highest BCUT2D eigenvalue weighted by Gasteiger charge is 2.21. The number of benzene rings is 2. The average Bonchev–Trinajstić information content (AvgIpc) is 2.72. The molecule has 0 bridgehead atoms. The topological polar surface area (TPSA) is 90.9 Å². The number of ether oxygens (including phenoxy) is 3. The Morgan fingerprint density at radius 1 is 1.03 bits per heavy atom. The predicted octanol–water partition coefficient (Wildman–Crippen LogP) is 3.57. The summed E-state index contributed by atoms with van der Waals surface area (Å²) in [5.74, 6) is 0.127. The molecule has 2 rings (SSSR count). The quantitative estimate of drug-likeness (QED) is 0.493. The summed E-state index contributed by atoms with van der Waals surface area (Å²) in [6.07, 6.45) is -1.03. The molecule has 7 nitrogen and oxygen atoms in total. The molecular formula is C21H23NO6S. The fraction of sp³-hybridized carbons (Fsp3) is 0.286. The minimum absolute atomic E-state index is 0.000774. The number of methoxy groups -OCH3 is 2. The number of ketones is 1. The van der Waals surface area contributed by atoms with Gasteiger partial charge in [0.1, 0.15) is 5.78 Å². The van der Waals surface area contributed by atoms with Gasteiger partial charge in [-0.05, 0) is 38.1 Å². The van der Waals surface area contributed by atoms with Crippen molar-refractivity contribution < 1.29 is 28.6 Å². The van der Waals surface area contributed by atoms with Gasteiger partial charge in [-0.25, -0.2) is 4.79 Å². The van der Waals surface area contributed by atoms with Crippen LogP contribution >= 0.6 is 11.8 Å². The van der Waals surface area contributed by atoms with Crippen LogP contribution in [0.5, 0.6) is 11.5 Å². The van der Waals surface area contributed by atoms with Crippen LogP contribution in [0.3, 0.4) is 0 Å². The van der Waals surface area contributed by atoms with Gasteiger partial charge in [-0.2, -0.15) is 0 Å². The summed E-state index contributed by atoms with van der Waals surface area (Å²) in [7, 11) is 3.01. The Morgan fingerprint density at radius 3 is 2.38 bits per heavy atom. The lowest BCUT2D eigenvalue weighted by atomic mass is 10.2. The molecule has 0 fully saturated rings. The van der Waals surface area contributed by atoms with Crippen LogP contribution in [0.25, 0.3) is 0 Å². The molecule has 0 saturated heterocycles. The molecular weight excluding hydrogens is 394 g/mol. The third-order valence-electron chi connectivity index (χ3n) is 3.84. The molecule has 0 radical (unpaired) electrons. The van der Waals surface area contributed by atoms with Crippen molar-refractivity contribution in [1.29, 1.82) is 0 Å². The van der Waals surface area contributed by atoms with Gasteiger partial charge in [0.15, 0.2) is 17.6 Å². The molecule has 2 aromatic rings. The van der Waals surface area contributed by atoms with E-state index in [9.17, 15) is 14.4 Å². The third-order valence-corrected chi connectivity index (χ3v) is 5.06. The minimum atomic E-state index is -1.03. The largest absolute Gasteiger partial charge is 0.493 e. The monoisotopic (exact) mass is 417 g/mol. The van der Waals surface area contributed by atoms with Gasteiger partial charge in [-0.3, -0.25) is 9.59 Å². The number of amides is 1. The van der Waals surface area contributed by atoms with E-state index in [2.05, 4.69) is 5.32 Å². The summed E-state index contributed by atoms with van der Waals surface area (Å²) in [6, 6.07) is 11.7. The Labute approximate surface area is 173 Å². The zero-order valence-corrected chi connectivity index (χ0v) is 17.5. The lowest BCUT2D eigenvalue weighted by Crippen LogP contribution is -2.30. The van der Waals surface area contributed by atoms with Crippen molar-refractivity contribution in [2.45, 2.75) is 24.8 Å². The first-order chi connectivity index (χ1) is 13.8. The maximum absolute atomic E-state index is 12.5. The highest BCUT2D eigenvalue weighted by atomic mass is 32.2. The maximum atomic E-state index is 12.5. The normalized spacial score (nSPS) is 11.3. The summed E-state index contributed by atoms with van der Waals surface area (Å²) in [5.41, 5.74) is 0.789. The van der Waals surface area contributed by atoms with Crippen molar-refractivity contribution in [2.24, 2.45) is 0 Å². The Morgan fingerprint density at radius 2 is 1.72 bits per heavy atom. The van der Waals surface area contributed by atoms with Gasteiger partial charge >= 0.3 is 5.97 Å². The lowest BCUT2D eigenvalue weighted by molar-refractivity contribution is -0.123. The van der Waals surface area contributed by atoms with Crippen LogP contribution in [0, 0.1) is 0 Å².